The predicted molar refractivity (Wildman–Crippen MR) is 62.1 cm³/mol. The van der Waals surface area contributed by atoms with E-state index in [0.717, 1.165) is 12.8 Å². The Labute approximate surface area is 101 Å². The average Bonchev–Trinajstić information content (AvgIpc) is 2.64. The zero-order valence-electron chi connectivity index (χ0n) is 9.85. The summed E-state index contributed by atoms with van der Waals surface area (Å²) in [4.78, 5) is 4.21. The lowest BCUT2D eigenvalue weighted by Crippen LogP contribution is -2.26. The van der Waals surface area contributed by atoms with Crippen molar-refractivity contribution in [3.8, 4) is 0 Å². The van der Waals surface area contributed by atoms with E-state index in [4.69, 9.17) is 4.52 Å². The SMILES string of the molecule is CNCc1nc(CC2CCCS(=O)(=O)C2)no1. The van der Waals surface area contributed by atoms with Crippen LogP contribution in [0.5, 0.6) is 0 Å². The summed E-state index contributed by atoms with van der Waals surface area (Å²) in [6.07, 6.45) is 2.26. The Morgan fingerprint density at radius 3 is 3.06 bits per heavy atom. The largest absolute Gasteiger partial charge is 0.338 e. The van der Waals surface area contributed by atoms with Crippen LogP contribution in [0.4, 0.5) is 0 Å². The molecule has 0 spiro atoms. The standard InChI is InChI=1S/C10H17N3O3S/c1-11-6-10-12-9(13-16-10)5-8-3-2-4-17(14,15)7-8/h8,11H,2-7H2,1H3. The number of nitrogens with zero attached hydrogens (tertiary/aromatic N) is 2. The van der Waals surface area contributed by atoms with E-state index in [0.29, 0.717) is 30.4 Å². The van der Waals surface area contributed by atoms with Crippen LogP contribution in [0.15, 0.2) is 4.52 Å². The number of rotatable bonds is 4. The Morgan fingerprint density at radius 1 is 1.53 bits per heavy atom. The fraction of sp³-hybridized carbons (Fsp3) is 0.800. The molecule has 7 heteroatoms. The summed E-state index contributed by atoms with van der Waals surface area (Å²) in [6.45, 7) is 0.538. The predicted octanol–water partition coefficient (Wildman–Crippen LogP) is 0.156. The third-order valence-corrected chi connectivity index (χ3v) is 4.76. The van der Waals surface area contributed by atoms with Crippen LogP contribution in [0.2, 0.25) is 0 Å². The second-order valence-electron chi connectivity index (χ2n) is 4.46. The molecule has 1 aromatic heterocycles. The van der Waals surface area contributed by atoms with Crippen LogP contribution in [0.3, 0.4) is 0 Å². The van der Waals surface area contributed by atoms with Gasteiger partial charge in [0.1, 0.15) is 0 Å². The molecule has 1 N–H and O–H groups in total. The summed E-state index contributed by atoms with van der Waals surface area (Å²) in [6, 6.07) is 0. The van der Waals surface area contributed by atoms with Crippen LogP contribution in [-0.2, 0) is 22.8 Å². The van der Waals surface area contributed by atoms with Crippen molar-refractivity contribution in [2.75, 3.05) is 18.6 Å². The molecule has 6 nitrogen and oxygen atoms in total. The molecule has 0 aromatic carbocycles. The summed E-state index contributed by atoms with van der Waals surface area (Å²) in [5, 5.41) is 6.78. The van der Waals surface area contributed by atoms with Crippen LogP contribution in [0.25, 0.3) is 0 Å². The van der Waals surface area contributed by atoms with Gasteiger partial charge in [0, 0.05) is 6.42 Å². The number of nitrogens with one attached hydrogen (secondary N) is 1. The highest BCUT2D eigenvalue weighted by molar-refractivity contribution is 7.91. The molecule has 0 saturated carbocycles. The number of hydrogen-bond donors (Lipinski definition) is 1. The molecular formula is C10H17N3O3S. The minimum Gasteiger partial charge on any atom is -0.338 e. The second-order valence-corrected chi connectivity index (χ2v) is 6.69. The van der Waals surface area contributed by atoms with Gasteiger partial charge in [-0.1, -0.05) is 5.16 Å². The van der Waals surface area contributed by atoms with Gasteiger partial charge in [-0.3, -0.25) is 0 Å². The van der Waals surface area contributed by atoms with Crippen LogP contribution in [0.1, 0.15) is 24.6 Å². The van der Waals surface area contributed by atoms with Crippen molar-refractivity contribution in [2.45, 2.75) is 25.8 Å². The lowest BCUT2D eigenvalue weighted by molar-refractivity contribution is 0.362. The fourth-order valence-electron chi connectivity index (χ4n) is 2.13. The average molecular weight is 259 g/mol. The van der Waals surface area contributed by atoms with E-state index >= 15 is 0 Å². The van der Waals surface area contributed by atoms with E-state index in [1.165, 1.54) is 0 Å². The van der Waals surface area contributed by atoms with Gasteiger partial charge in [0.05, 0.1) is 18.1 Å². The third kappa shape index (κ3) is 3.50. The van der Waals surface area contributed by atoms with E-state index in [-0.39, 0.29) is 11.7 Å². The Kier molecular flexibility index (Phi) is 3.78. The molecular weight excluding hydrogens is 242 g/mol. The van der Waals surface area contributed by atoms with E-state index in [9.17, 15) is 8.42 Å². The molecule has 1 unspecified atom stereocenters. The first-order valence-corrected chi connectivity index (χ1v) is 7.57. The van der Waals surface area contributed by atoms with Gasteiger partial charge in [-0.15, -0.1) is 0 Å². The van der Waals surface area contributed by atoms with E-state index < -0.39 is 9.84 Å². The van der Waals surface area contributed by atoms with Gasteiger partial charge in [-0.25, -0.2) is 8.42 Å². The molecule has 1 aliphatic rings. The molecule has 1 aromatic rings. The second kappa shape index (κ2) is 5.14. The minimum absolute atomic E-state index is 0.133. The molecule has 0 bridgehead atoms. The zero-order valence-corrected chi connectivity index (χ0v) is 10.7. The maximum atomic E-state index is 11.5. The van der Waals surface area contributed by atoms with E-state index in [1.54, 1.807) is 7.05 Å². The van der Waals surface area contributed by atoms with E-state index in [2.05, 4.69) is 15.5 Å². The van der Waals surface area contributed by atoms with E-state index in [1.807, 2.05) is 0 Å². The lowest BCUT2D eigenvalue weighted by Gasteiger charge is -2.20. The Bertz CT molecular complexity index is 469. The zero-order chi connectivity index (χ0) is 12.3. The smallest absolute Gasteiger partial charge is 0.240 e. The monoisotopic (exact) mass is 259 g/mol. The molecule has 0 aliphatic carbocycles. The fourth-order valence-corrected chi connectivity index (χ4v) is 3.91. The maximum absolute atomic E-state index is 11.5. The highest BCUT2D eigenvalue weighted by Gasteiger charge is 2.26. The number of hydrogen-bond acceptors (Lipinski definition) is 6. The lowest BCUT2D eigenvalue weighted by atomic mass is 10.0. The Morgan fingerprint density at radius 2 is 2.35 bits per heavy atom. The summed E-state index contributed by atoms with van der Waals surface area (Å²) < 4.78 is 28.0. The van der Waals surface area contributed by atoms with Crippen molar-refractivity contribution in [3.63, 3.8) is 0 Å². The van der Waals surface area contributed by atoms with Gasteiger partial charge in [-0.2, -0.15) is 4.98 Å². The van der Waals surface area contributed by atoms with Gasteiger partial charge in [-0.05, 0) is 25.8 Å². The van der Waals surface area contributed by atoms with Crippen molar-refractivity contribution in [1.29, 1.82) is 0 Å². The van der Waals surface area contributed by atoms with Gasteiger partial charge in [0.15, 0.2) is 15.7 Å². The minimum atomic E-state index is -2.85. The van der Waals surface area contributed by atoms with Crippen LogP contribution < -0.4 is 5.32 Å². The van der Waals surface area contributed by atoms with Crippen molar-refractivity contribution < 1.29 is 12.9 Å². The molecule has 1 aliphatic heterocycles. The van der Waals surface area contributed by atoms with Crippen LogP contribution in [0, 0.1) is 5.92 Å². The van der Waals surface area contributed by atoms with Gasteiger partial charge >= 0.3 is 0 Å². The number of sulfone groups is 1. The molecule has 2 heterocycles. The molecule has 0 amide bonds. The van der Waals surface area contributed by atoms with Crippen molar-refractivity contribution in [2.24, 2.45) is 5.92 Å². The molecule has 0 radical (unpaired) electrons. The van der Waals surface area contributed by atoms with Crippen LogP contribution in [-0.4, -0.2) is 37.1 Å². The first kappa shape index (κ1) is 12.5. The first-order chi connectivity index (χ1) is 8.09. The summed E-state index contributed by atoms with van der Waals surface area (Å²) in [5.74, 6) is 1.86. The quantitative estimate of drug-likeness (QED) is 0.829. The molecule has 17 heavy (non-hydrogen) atoms. The molecule has 96 valence electrons. The van der Waals surface area contributed by atoms with Gasteiger partial charge < -0.3 is 9.84 Å². The topological polar surface area (TPSA) is 85.1 Å². The Hall–Kier alpha value is -0.950. The molecule has 2 rings (SSSR count). The normalized spacial score (nSPS) is 23.7. The highest BCUT2D eigenvalue weighted by Crippen LogP contribution is 2.21. The third-order valence-electron chi connectivity index (χ3n) is 2.87. The molecule has 1 saturated heterocycles. The highest BCUT2D eigenvalue weighted by atomic mass is 32.2. The molecule has 1 fully saturated rings. The van der Waals surface area contributed by atoms with Crippen LogP contribution >= 0.6 is 0 Å². The van der Waals surface area contributed by atoms with Crippen molar-refractivity contribution >= 4 is 9.84 Å². The number of aromatic nitrogens is 2. The van der Waals surface area contributed by atoms with Gasteiger partial charge in [0.2, 0.25) is 5.89 Å². The molecule has 1 atom stereocenters. The first-order valence-electron chi connectivity index (χ1n) is 5.75. The van der Waals surface area contributed by atoms with Gasteiger partial charge in [0.25, 0.3) is 0 Å². The summed E-state index contributed by atoms with van der Waals surface area (Å²) in [5.41, 5.74) is 0. The van der Waals surface area contributed by atoms with Crippen molar-refractivity contribution in [3.05, 3.63) is 11.7 Å². The maximum Gasteiger partial charge on any atom is 0.240 e. The Balaban J connectivity index is 1.95. The summed E-state index contributed by atoms with van der Waals surface area (Å²) >= 11 is 0. The summed E-state index contributed by atoms with van der Waals surface area (Å²) in [7, 11) is -1.05. The van der Waals surface area contributed by atoms with Crippen molar-refractivity contribution in [1.82, 2.24) is 15.5 Å².